The molecule has 0 aromatic heterocycles. The van der Waals surface area contributed by atoms with Gasteiger partial charge in [0.25, 0.3) is 0 Å². The van der Waals surface area contributed by atoms with Crippen LogP contribution in [0.2, 0.25) is 0 Å². The minimum Gasteiger partial charge on any atom is -0.508 e. The number of nitrogens with one attached hydrogen (secondary N) is 1. The van der Waals surface area contributed by atoms with Gasteiger partial charge in [-0.15, -0.1) is 0 Å². The lowest BCUT2D eigenvalue weighted by Crippen LogP contribution is -2.26. The maximum absolute atomic E-state index is 9.66. The molecule has 1 aliphatic rings. The van der Waals surface area contributed by atoms with E-state index >= 15 is 0 Å². The Balaban J connectivity index is 2.33. The topological polar surface area (TPSA) is 72.7 Å². The molecule has 0 bridgehead atoms. The molecule has 1 saturated heterocycles. The quantitative estimate of drug-likeness (QED) is 0.567. The molecule has 1 fully saturated rings. The minimum absolute atomic E-state index is 0.0145. The Morgan fingerprint density at radius 3 is 2.27 bits per heavy atom. The molecule has 4 heteroatoms. The summed E-state index contributed by atoms with van der Waals surface area (Å²) in [5, 5.41) is 31.7. The van der Waals surface area contributed by atoms with E-state index in [4.69, 9.17) is 0 Å². The average molecular weight is 209 g/mol. The van der Waals surface area contributed by atoms with Crippen molar-refractivity contribution in [2.75, 3.05) is 6.54 Å². The van der Waals surface area contributed by atoms with Gasteiger partial charge in [-0.3, -0.25) is 0 Å². The predicted molar refractivity (Wildman–Crippen MR) is 56.0 cm³/mol. The Kier molecular flexibility index (Phi) is 2.68. The Morgan fingerprint density at radius 2 is 1.73 bits per heavy atom. The highest BCUT2D eigenvalue weighted by atomic mass is 16.3. The normalized spacial score (nSPS) is 21.5. The van der Waals surface area contributed by atoms with Crippen molar-refractivity contribution in [1.82, 2.24) is 5.32 Å². The van der Waals surface area contributed by atoms with E-state index in [1.807, 2.05) is 0 Å². The predicted octanol–water partition coefficient (Wildman–Crippen LogP) is 1.62. The van der Waals surface area contributed by atoms with E-state index in [9.17, 15) is 15.3 Å². The Morgan fingerprint density at radius 1 is 1.07 bits per heavy atom. The Labute approximate surface area is 88.2 Å². The van der Waals surface area contributed by atoms with Crippen molar-refractivity contribution >= 4 is 0 Å². The standard InChI is InChI=1S/C11H15NO3/c13-7-5-9(14)11(10(15)6-7)8-3-1-2-4-12-8/h5-6,8,12-15H,1-4H2/t8-/m1/s1. The molecule has 15 heavy (non-hydrogen) atoms. The van der Waals surface area contributed by atoms with Crippen LogP contribution in [0.5, 0.6) is 17.2 Å². The molecule has 4 N–H and O–H groups in total. The van der Waals surface area contributed by atoms with Gasteiger partial charge in [0, 0.05) is 18.2 Å². The van der Waals surface area contributed by atoms with E-state index in [1.54, 1.807) is 0 Å². The van der Waals surface area contributed by atoms with Crippen molar-refractivity contribution in [2.45, 2.75) is 25.3 Å². The summed E-state index contributed by atoms with van der Waals surface area (Å²) < 4.78 is 0. The molecule has 1 aliphatic heterocycles. The second kappa shape index (κ2) is 3.98. The van der Waals surface area contributed by atoms with Crippen LogP contribution >= 0.6 is 0 Å². The summed E-state index contributed by atoms with van der Waals surface area (Å²) in [5.41, 5.74) is 0.493. The maximum Gasteiger partial charge on any atom is 0.127 e. The summed E-state index contributed by atoms with van der Waals surface area (Å²) in [6.07, 6.45) is 3.10. The first-order valence-corrected chi connectivity index (χ1v) is 5.16. The zero-order chi connectivity index (χ0) is 10.8. The summed E-state index contributed by atoms with van der Waals surface area (Å²) >= 11 is 0. The van der Waals surface area contributed by atoms with Gasteiger partial charge in [-0.25, -0.2) is 0 Å². The number of hydrogen-bond donors (Lipinski definition) is 4. The average Bonchev–Trinajstić information content (AvgIpc) is 2.17. The fraction of sp³-hybridized carbons (Fsp3) is 0.455. The molecular formula is C11H15NO3. The number of phenolic OH excluding ortho intramolecular Hbond substituents is 3. The summed E-state index contributed by atoms with van der Waals surface area (Å²) in [5.74, 6) is -0.219. The van der Waals surface area contributed by atoms with Gasteiger partial charge in [-0.05, 0) is 19.4 Å². The lowest BCUT2D eigenvalue weighted by Gasteiger charge is -2.25. The van der Waals surface area contributed by atoms with E-state index in [0.717, 1.165) is 25.8 Å². The van der Waals surface area contributed by atoms with Crippen molar-refractivity contribution < 1.29 is 15.3 Å². The fourth-order valence-corrected chi connectivity index (χ4v) is 2.06. The molecule has 1 aromatic carbocycles. The van der Waals surface area contributed by atoms with Crippen molar-refractivity contribution in [1.29, 1.82) is 0 Å². The number of hydrogen-bond acceptors (Lipinski definition) is 4. The smallest absolute Gasteiger partial charge is 0.127 e. The van der Waals surface area contributed by atoms with E-state index in [2.05, 4.69) is 5.32 Å². The molecule has 0 spiro atoms. The highest BCUT2D eigenvalue weighted by Crippen LogP contribution is 2.39. The van der Waals surface area contributed by atoms with Crippen LogP contribution in [0.4, 0.5) is 0 Å². The summed E-state index contributed by atoms with van der Waals surface area (Å²) in [4.78, 5) is 0. The molecule has 1 aromatic rings. The van der Waals surface area contributed by atoms with Gasteiger partial charge < -0.3 is 20.6 Å². The van der Waals surface area contributed by atoms with Gasteiger partial charge in [0.15, 0.2) is 0 Å². The Bertz CT molecular complexity index is 336. The molecule has 0 amide bonds. The second-order valence-electron chi connectivity index (χ2n) is 3.90. The monoisotopic (exact) mass is 209 g/mol. The molecule has 0 radical (unpaired) electrons. The number of aromatic hydroxyl groups is 3. The van der Waals surface area contributed by atoms with Crippen LogP contribution in [0.3, 0.4) is 0 Å². The lowest BCUT2D eigenvalue weighted by atomic mass is 9.96. The second-order valence-corrected chi connectivity index (χ2v) is 3.90. The molecule has 4 nitrogen and oxygen atoms in total. The molecular weight excluding hydrogens is 194 g/mol. The number of benzene rings is 1. The molecule has 0 unspecified atom stereocenters. The highest BCUT2D eigenvalue weighted by Gasteiger charge is 2.21. The molecule has 1 heterocycles. The first-order valence-electron chi connectivity index (χ1n) is 5.16. The van der Waals surface area contributed by atoms with Crippen LogP contribution in [0, 0.1) is 0 Å². The number of rotatable bonds is 1. The van der Waals surface area contributed by atoms with Gasteiger partial charge >= 0.3 is 0 Å². The number of piperidine rings is 1. The Hall–Kier alpha value is -1.42. The molecule has 2 rings (SSSR count). The van der Waals surface area contributed by atoms with E-state index in [-0.39, 0.29) is 23.3 Å². The third kappa shape index (κ3) is 1.99. The molecule has 0 aliphatic carbocycles. The van der Waals surface area contributed by atoms with Gasteiger partial charge in [0.2, 0.25) is 0 Å². The molecule has 0 saturated carbocycles. The van der Waals surface area contributed by atoms with Gasteiger partial charge in [-0.1, -0.05) is 6.42 Å². The third-order valence-corrected chi connectivity index (χ3v) is 2.78. The van der Waals surface area contributed by atoms with E-state index in [1.165, 1.54) is 12.1 Å². The summed E-state index contributed by atoms with van der Waals surface area (Å²) in [6, 6.07) is 2.50. The van der Waals surface area contributed by atoms with Crippen LogP contribution in [-0.2, 0) is 0 Å². The summed E-state index contributed by atoms with van der Waals surface area (Å²) in [6.45, 7) is 0.893. The van der Waals surface area contributed by atoms with Crippen LogP contribution in [0.1, 0.15) is 30.9 Å². The fourth-order valence-electron chi connectivity index (χ4n) is 2.06. The largest absolute Gasteiger partial charge is 0.508 e. The van der Waals surface area contributed by atoms with Crippen molar-refractivity contribution in [2.24, 2.45) is 0 Å². The van der Waals surface area contributed by atoms with Gasteiger partial charge in [0.05, 0.1) is 5.56 Å². The zero-order valence-electron chi connectivity index (χ0n) is 8.40. The van der Waals surface area contributed by atoms with E-state index in [0.29, 0.717) is 5.56 Å². The minimum atomic E-state index is -0.121. The van der Waals surface area contributed by atoms with Crippen molar-refractivity contribution in [3.63, 3.8) is 0 Å². The van der Waals surface area contributed by atoms with Gasteiger partial charge in [-0.2, -0.15) is 0 Å². The third-order valence-electron chi connectivity index (χ3n) is 2.78. The lowest BCUT2D eigenvalue weighted by molar-refractivity contribution is 0.366. The van der Waals surface area contributed by atoms with E-state index < -0.39 is 0 Å². The van der Waals surface area contributed by atoms with Crippen LogP contribution in [0.25, 0.3) is 0 Å². The first kappa shape index (κ1) is 10.1. The zero-order valence-corrected chi connectivity index (χ0v) is 8.40. The SMILES string of the molecule is Oc1cc(O)c([C@H]2CCCCN2)c(O)c1. The molecule has 82 valence electrons. The van der Waals surface area contributed by atoms with Crippen molar-refractivity contribution in [3.05, 3.63) is 17.7 Å². The van der Waals surface area contributed by atoms with Crippen LogP contribution in [-0.4, -0.2) is 21.9 Å². The summed E-state index contributed by atoms with van der Waals surface area (Å²) in [7, 11) is 0. The van der Waals surface area contributed by atoms with Crippen LogP contribution in [0.15, 0.2) is 12.1 Å². The maximum atomic E-state index is 9.66. The van der Waals surface area contributed by atoms with Crippen LogP contribution < -0.4 is 5.32 Å². The number of phenols is 3. The highest BCUT2D eigenvalue weighted by molar-refractivity contribution is 5.50. The molecule has 1 atom stereocenters. The first-order chi connectivity index (χ1) is 7.18. The van der Waals surface area contributed by atoms with Gasteiger partial charge in [0.1, 0.15) is 17.2 Å². The van der Waals surface area contributed by atoms with Crippen molar-refractivity contribution in [3.8, 4) is 17.2 Å².